The maximum absolute atomic E-state index is 12.4. The van der Waals surface area contributed by atoms with Crippen LogP contribution in [0.1, 0.15) is 15.9 Å². The molecule has 4 heteroatoms. The predicted molar refractivity (Wildman–Crippen MR) is 88.7 cm³/mol. The predicted octanol–water partition coefficient (Wildman–Crippen LogP) is 5.22. The van der Waals surface area contributed by atoms with Gasteiger partial charge in [-0.2, -0.15) is 0 Å². The second-order valence-electron chi connectivity index (χ2n) is 4.62. The lowest BCUT2D eigenvalue weighted by Gasteiger charge is -2.06. The zero-order valence-electron chi connectivity index (χ0n) is 10.8. The summed E-state index contributed by atoms with van der Waals surface area (Å²) in [6.07, 6.45) is 0. The fourth-order valence-electron chi connectivity index (χ4n) is 2.16. The van der Waals surface area contributed by atoms with Crippen molar-refractivity contribution in [2.45, 2.75) is 6.92 Å². The van der Waals surface area contributed by atoms with Gasteiger partial charge in [0, 0.05) is 25.6 Å². The van der Waals surface area contributed by atoms with Crippen LogP contribution in [0.3, 0.4) is 0 Å². The van der Waals surface area contributed by atoms with Crippen molar-refractivity contribution in [3.63, 3.8) is 0 Å². The van der Waals surface area contributed by atoms with Crippen LogP contribution in [0.4, 0.5) is 5.69 Å². The Kier molecular flexibility index (Phi) is 3.59. The van der Waals surface area contributed by atoms with E-state index in [2.05, 4.69) is 21.2 Å². The molecule has 0 unspecified atom stereocenters. The van der Waals surface area contributed by atoms with Crippen LogP contribution in [0, 0.1) is 6.92 Å². The lowest BCUT2D eigenvalue weighted by Crippen LogP contribution is -2.11. The Hall–Kier alpha value is -1.65. The molecule has 2 aromatic carbocycles. The number of aryl methyl sites for hydroxylation is 1. The fraction of sp³-hybridized carbons (Fsp3) is 0.0625. The summed E-state index contributed by atoms with van der Waals surface area (Å²) in [4.78, 5) is 12.4. The molecule has 0 aliphatic heterocycles. The van der Waals surface area contributed by atoms with Gasteiger partial charge < -0.3 is 5.32 Å². The second kappa shape index (κ2) is 5.38. The number of amides is 1. The minimum absolute atomic E-state index is 0.0695. The number of thiophene rings is 1. The molecule has 0 radical (unpaired) electrons. The molecule has 1 amide bonds. The van der Waals surface area contributed by atoms with Crippen LogP contribution >= 0.6 is 27.3 Å². The van der Waals surface area contributed by atoms with Crippen molar-refractivity contribution < 1.29 is 4.79 Å². The van der Waals surface area contributed by atoms with E-state index in [9.17, 15) is 4.79 Å². The summed E-state index contributed by atoms with van der Waals surface area (Å²) < 4.78 is 2.09. The number of halogens is 1. The Bertz CT molecular complexity index is 774. The SMILES string of the molecule is Cc1cc(Br)cc(NC(=O)c2csc3ccccc23)c1. The van der Waals surface area contributed by atoms with E-state index in [0.717, 1.165) is 31.4 Å². The largest absolute Gasteiger partial charge is 0.322 e. The lowest BCUT2D eigenvalue weighted by molar-refractivity contribution is 0.102. The first-order chi connectivity index (χ1) is 9.63. The van der Waals surface area contributed by atoms with Crippen LogP contribution in [0.25, 0.3) is 10.1 Å². The highest BCUT2D eigenvalue weighted by Gasteiger charge is 2.12. The monoisotopic (exact) mass is 345 g/mol. The molecule has 100 valence electrons. The summed E-state index contributed by atoms with van der Waals surface area (Å²) in [5, 5.41) is 5.87. The van der Waals surface area contributed by atoms with Crippen molar-refractivity contribution in [3.05, 3.63) is 63.4 Å². The Labute approximate surface area is 129 Å². The van der Waals surface area contributed by atoms with E-state index in [-0.39, 0.29) is 5.91 Å². The van der Waals surface area contributed by atoms with Crippen molar-refractivity contribution in [2.75, 3.05) is 5.32 Å². The number of fused-ring (bicyclic) bond motifs is 1. The molecule has 3 aromatic rings. The highest BCUT2D eigenvalue weighted by molar-refractivity contribution is 9.10. The zero-order chi connectivity index (χ0) is 14.1. The van der Waals surface area contributed by atoms with Crippen molar-refractivity contribution in [3.8, 4) is 0 Å². The van der Waals surface area contributed by atoms with Gasteiger partial charge in [0.2, 0.25) is 0 Å². The van der Waals surface area contributed by atoms with Crippen molar-refractivity contribution in [1.29, 1.82) is 0 Å². The average Bonchev–Trinajstić information content (AvgIpc) is 2.81. The van der Waals surface area contributed by atoms with Crippen molar-refractivity contribution in [2.24, 2.45) is 0 Å². The molecule has 1 aromatic heterocycles. The molecule has 2 nitrogen and oxygen atoms in total. The molecule has 3 rings (SSSR count). The van der Waals surface area contributed by atoms with Crippen LogP contribution in [0.15, 0.2) is 52.3 Å². The van der Waals surface area contributed by atoms with E-state index >= 15 is 0 Å². The third-order valence-electron chi connectivity index (χ3n) is 3.03. The van der Waals surface area contributed by atoms with Crippen LogP contribution in [-0.4, -0.2) is 5.91 Å². The standard InChI is InChI=1S/C16H12BrNOS/c1-10-6-11(17)8-12(7-10)18-16(19)14-9-20-15-5-3-2-4-13(14)15/h2-9H,1H3,(H,18,19). The van der Waals surface area contributed by atoms with Crippen LogP contribution in [0.2, 0.25) is 0 Å². The van der Waals surface area contributed by atoms with Gasteiger partial charge in [0.15, 0.2) is 0 Å². The minimum Gasteiger partial charge on any atom is -0.322 e. The van der Waals surface area contributed by atoms with Crippen LogP contribution in [-0.2, 0) is 0 Å². The molecule has 0 aliphatic carbocycles. The maximum atomic E-state index is 12.4. The molecule has 0 aliphatic rings. The number of carbonyl (C=O) groups is 1. The molecule has 20 heavy (non-hydrogen) atoms. The number of rotatable bonds is 2. The topological polar surface area (TPSA) is 29.1 Å². The molecule has 0 spiro atoms. The number of nitrogens with one attached hydrogen (secondary N) is 1. The first-order valence-electron chi connectivity index (χ1n) is 6.18. The number of carbonyl (C=O) groups excluding carboxylic acids is 1. The summed E-state index contributed by atoms with van der Waals surface area (Å²) in [5.41, 5.74) is 2.63. The lowest BCUT2D eigenvalue weighted by atomic mass is 10.1. The van der Waals surface area contributed by atoms with E-state index in [4.69, 9.17) is 0 Å². The first kappa shape index (κ1) is 13.3. The second-order valence-corrected chi connectivity index (χ2v) is 6.44. The van der Waals surface area contributed by atoms with Gasteiger partial charge >= 0.3 is 0 Å². The Morgan fingerprint density at radius 2 is 2.00 bits per heavy atom. The van der Waals surface area contributed by atoms with Gasteiger partial charge in [0.25, 0.3) is 5.91 Å². The maximum Gasteiger partial charge on any atom is 0.257 e. The summed E-state index contributed by atoms with van der Waals surface area (Å²) >= 11 is 5.03. The Morgan fingerprint density at radius 3 is 2.80 bits per heavy atom. The molecule has 0 saturated carbocycles. The zero-order valence-corrected chi connectivity index (χ0v) is 13.2. The third-order valence-corrected chi connectivity index (χ3v) is 4.45. The fourth-order valence-corrected chi connectivity index (χ4v) is 3.71. The molecule has 0 fully saturated rings. The molecular weight excluding hydrogens is 334 g/mol. The van der Waals surface area contributed by atoms with E-state index in [0.29, 0.717) is 0 Å². The van der Waals surface area contributed by atoms with Crippen molar-refractivity contribution >= 4 is 48.9 Å². The molecule has 1 heterocycles. The van der Waals surface area contributed by atoms with E-state index in [1.807, 2.05) is 54.8 Å². The number of hydrogen-bond acceptors (Lipinski definition) is 2. The van der Waals surface area contributed by atoms with Gasteiger partial charge in [-0.1, -0.05) is 34.1 Å². The smallest absolute Gasteiger partial charge is 0.257 e. The molecule has 0 saturated heterocycles. The van der Waals surface area contributed by atoms with Gasteiger partial charge in [0.1, 0.15) is 0 Å². The van der Waals surface area contributed by atoms with Gasteiger partial charge in [-0.3, -0.25) is 4.79 Å². The number of anilines is 1. The van der Waals surface area contributed by atoms with Gasteiger partial charge in [-0.15, -0.1) is 11.3 Å². The van der Waals surface area contributed by atoms with Gasteiger partial charge in [-0.25, -0.2) is 0 Å². The Balaban J connectivity index is 1.93. The minimum atomic E-state index is -0.0695. The summed E-state index contributed by atoms with van der Waals surface area (Å²) in [6.45, 7) is 2.00. The molecular formula is C16H12BrNOS. The van der Waals surface area contributed by atoms with E-state index in [1.165, 1.54) is 0 Å². The van der Waals surface area contributed by atoms with Crippen LogP contribution < -0.4 is 5.32 Å². The van der Waals surface area contributed by atoms with E-state index < -0.39 is 0 Å². The molecule has 1 N–H and O–H groups in total. The number of benzene rings is 2. The first-order valence-corrected chi connectivity index (χ1v) is 7.85. The summed E-state index contributed by atoms with van der Waals surface area (Å²) in [6, 6.07) is 13.8. The third kappa shape index (κ3) is 2.62. The van der Waals surface area contributed by atoms with Crippen LogP contribution in [0.5, 0.6) is 0 Å². The number of hydrogen-bond donors (Lipinski definition) is 1. The van der Waals surface area contributed by atoms with Crippen molar-refractivity contribution in [1.82, 2.24) is 0 Å². The Morgan fingerprint density at radius 1 is 1.20 bits per heavy atom. The summed E-state index contributed by atoms with van der Waals surface area (Å²) in [5.74, 6) is -0.0695. The quantitative estimate of drug-likeness (QED) is 0.677. The average molecular weight is 346 g/mol. The van der Waals surface area contributed by atoms with Gasteiger partial charge in [-0.05, 0) is 36.8 Å². The molecule has 0 bridgehead atoms. The highest BCUT2D eigenvalue weighted by atomic mass is 79.9. The van der Waals surface area contributed by atoms with Gasteiger partial charge in [0.05, 0.1) is 5.56 Å². The van der Waals surface area contributed by atoms with E-state index in [1.54, 1.807) is 11.3 Å². The molecule has 0 atom stereocenters. The normalized spacial score (nSPS) is 10.7. The highest BCUT2D eigenvalue weighted by Crippen LogP contribution is 2.27. The summed E-state index contributed by atoms with van der Waals surface area (Å²) in [7, 11) is 0.